The summed E-state index contributed by atoms with van der Waals surface area (Å²) in [6, 6.07) is 8.95. The molecule has 2 rings (SSSR count). The molecule has 19 heavy (non-hydrogen) atoms. The van der Waals surface area contributed by atoms with Crippen LogP contribution in [0.15, 0.2) is 30.3 Å². The molecule has 1 amide bonds. The zero-order valence-corrected chi connectivity index (χ0v) is 11.4. The minimum Gasteiger partial charge on any atom is -0.351 e. The van der Waals surface area contributed by atoms with Gasteiger partial charge in [-0.3, -0.25) is 4.79 Å². The monoisotopic (exact) mass is 258 g/mol. The van der Waals surface area contributed by atoms with Gasteiger partial charge >= 0.3 is 0 Å². The van der Waals surface area contributed by atoms with Crippen LogP contribution >= 0.6 is 0 Å². The van der Waals surface area contributed by atoms with Crippen LogP contribution in [0.5, 0.6) is 0 Å². The fourth-order valence-corrected chi connectivity index (χ4v) is 1.87. The van der Waals surface area contributed by atoms with Crippen molar-refractivity contribution in [2.24, 2.45) is 5.41 Å². The highest BCUT2D eigenvalue weighted by atomic mass is 16.2. The van der Waals surface area contributed by atoms with Gasteiger partial charge in [0.25, 0.3) is 5.91 Å². The van der Waals surface area contributed by atoms with Gasteiger partial charge in [0.15, 0.2) is 0 Å². The normalized spacial score (nSPS) is 13.2. The van der Waals surface area contributed by atoms with E-state index in [0.717, 1.165) is 17.2 Å². The second-order valence-electron chi connectivity index (χ2n) is 5.72. The molecule has 1 heterocycles. The van der Waals surface area contributed by atoms with Crippen LogP contribution in [0.4, 0.5) is 0 Å². The number of hydrogen-bond donors (Lipinski definition) is 2. The molecule has 0 aliphatic carbocycles. The van der Waals surface area contributed by atoms with E-state index in [2.05, 4.69) is 10.3 Å². The maximum atomic E-state index is 12.1. The highest BCUT2D eigenvalue weighted by Crippen LogP contribution is 2.19. The Bertz CT molecular complexity index is 575. The van der Waals surface area contributed by atoms with Gasteiger partial charge in [-0.1, -0.05) is 39.0 Å². The predicted molar refractivity (Wildman–Crippen MR) is 75.1 cm³/mol. The summed E-state index contributed by atoms with van der Waals surface area (Å²) >= 11 is 0. The molecule has 1 atom stereocenters. The number of aromatic amines is 1. The molecule has 2 aromatic rings. The fraction of sp³-hybridized carbons (Fsp3) is 0.333. The molecule has 1 unspecified atom stereocenters. The van der Waals surface area contributed by atoms with Gasteiger partial charge in [-0.05, 0) is 17.5 Å². The first-order valence-electron chi connectivity index (χ1n) is 6.26. The first kappa shape index (κ1) is 13.3. The first-order chi connectivity index (χ1) is 8.91. The number of para-hydroxylation sites is 1. The zero-order chi connectivity index (χ0) is 14.0. The van der Waals surface area contributed by atoms with Gasteiger partial charge in [0.2, 0.25) is 0 Å². The van der Waals surface area contributed by atoms with Crippen molar-refractivity contribution in [3.05, 3.63) is 36.0 Å². The number of H-pyrrole nitrogens is 1. The summed E-state index contributed by atoms with van der Waals surface area (Å²) in [6.45, 7) is 5.74. The molecule has 2 N–H and O–H groups in total. The summed E-state index contributed by atoms with van der Waals surface area (Å²) in [5, 5.41) is 3.72. The molecule has 0 fully saturated rings. The van der Waals surface area contributed by atoms with Crippen molar-refractivity contribution in [3.63, 3.8) is 0 Å². The van der Waals surface area contributed by atoms with Gasteiger partial charge < -0.3 is 15.1 Å². The average molecular weight is 258 g/mol. The van der Waals surface area contributed by atoms with Gasteiger partial charge in [-0.15, -0.1) is 0 Å². The Morgan fingerprint density at radius 1 is 1.32 bits per heavy atom. The molecule has 0 aliphatic heterocycles. The minimum atomic E-state index is -0.508. The summed E-state index contributed by atoms with van der Waals surface area (Å²) in [4.78, 5) is 26.2. The first-order valence-corrected chi connectivity index (χ1v) is 6.26. The maximum absolute atomic E-state index is 12.1. The third-order valence-electron chi connectivity index (χ3n) is 3.13. The molecule has 0 bridgehead atoms. The molecule has 1 aromatic carbocycles. The van der Waals surface area contributed by atoms with Crippen LogP contribution in [0.1, 0.15) is 31.3 Å². The van der Waals surface area contributed by atoms with Gasteiger partial charge in [0.1, 0.15) is 12.0 Å². The number of aromatic nitrogens is 1. The maximum Gasteiger partial charge on any atom is 0.268 e. The second-order valence-corrected chi connectivity index (χ2v) is 5.72. The second kappa shape index (κ2) is 4.88. The number of hydrogen-bond acceptors (Lipinski definition) is 2. The third-order valence-corrected chi connectivity index (χ3v) is 3.13. The molecule has 0 saturated carbocycles. The van der Waals surface area contributed by atoms with Crippen LogP contribution in [-0.4, -0.2) is 23.2 Å². The Labute approximate surface area is 112 Å². The lowest BCUT2D eigenvalue weighted by molar-refractivity contribution is -0.111. The van der Waals surface area contributed by atoms with E-state index in [4.69, 9.17) is 0 Å². The zero-order valence-electron chi connectivity index (χ0n) is 11.4. The summed E-state index contributed by atoms with van der Waals surface area (Å²) in [6.07, 6.45) is 0.778. The Morgan fingerprint density at radius 2 is 2.00 bits per heavy atom. The Hall–Kier alpha value is -2.10. The number of aldehydes is 1. The largest absolute Gasteiger partial charge is 0.351 e. The van der Waals surface area contributed by atoms with E-state index >= 15 is 0 Å². The molecular weight excluding hydrogens is 240 g/mol. The van der Waals surface area contributed by atoms with Crippen LogP contribution in [0.25, 0.3) is 10.9 Å². The summed E-state index contributed by atoms with van der Waals surface area (Å²) in [5.74, 6) is -0.261. The van der Waals surface area contributed by atoms with Crippen LogP contribution in [0.2, 0.25) is 0 Å². The molecule has 1 aromatic heterocycles. The standard InChI is InChI=1S/C15H18N2O2/c1-15(2,3)13(9-18)17-14(19)12-8-10-6-4-5-7-11(10)16-12/h4-9,13,16H,1-3H3,(H,17,19). The lowest BCUT2D eigenvalue weighted by Crippen LogP contribution is -2.44. The summed E-state index contributed by atoms with van der Waals surface area (Å²) in [5.41, 5.74) is 1.08. The lowest BCUT2D eigenvalue weighted by atomic mass is 9.87. The number of benzene rings is 1. The average Bonchev–Trinajstić information content (AvgIpc) is 2.77. The minimum absolute atomic E-state index is 0.261. The van der Waals surface area contributed by atoms with Crippen molar-refractivity contribution in [2.75, 3.05) is 0 Å². The van der Waals surface area contributed by atoms with E-state index in [1.54, 1.807) is 6.07 Å². The topological polar surface area (TPSA) is 62.0 Å². The van der Waals surface area contributed by atoms with Gasteiger partial charge in [-0.2, -0.15) is 0 Å². The number of rotatable bonds is 3. The van der Waals surface area contributed by atoms with Crippen LogP contribution in [0, 0.1) is 5.41 Å². The molecular formula is C15H18N2O2. The molecule has 0 spiro atoms. The van der Waals surface area contributed by atoms with Gasteiger partial charge in [0.05, 0.1) is 6.04 Å². The van der Waals surface area contributed by atoms with Crippen LogP contribution in [-0.2, 0) is 4.79 Å². The van der Waals surface area contributed by atoms with Crippen LogP contribution < -0.4 is 5.32 Å². The van der Waals surface area contributed by atoms with Gasteiger partial charge in [-0.25, -0.2) is 0 Å². The van der Waals surface area contributed by atoms with Gasteiger partial charge in [0, 0.05) is 10.9 Å². The SMILES string of the molecule is CC(C)(C)C(C=O)NC(=O)c1cc2ccccc2[nH]1. The van der Waals surface area contributed by atoms with E-state index in [-0.39, 0.29) is 11.3 Å². The van der Waals surface area contributed by atoms with E-state index in [1.807, 2.05) is 45.0 Å². The highest BCUT2D eigenvalue weighted by molar-refractivity contribution is 5.99. The number of amides is 1. The third kappa shape index (κ3) is 2.84. The van der Waals surface area contributed by atoms with Crippen molar-refractivity contribution in [1.29, 1.82) is 0 Å². The number of nitrogens with one attached hydrogen (secondary N) is 2. The van der Waals surface area contributed by atoms with Crippen molar-refractivity contribution >= 4 is 23.1 Å². The summed E-state index contributed by atoms with van der Waals surface area (Å²) in [7, 11) is 0. The lowest BCUT2D eigenvalue weighted by Gasteiger charge is -2.26. The van der Waals surface area contributed by atoms with E-state index < -0.39 is 6.04 Å². The Kier molecular flexibility index (Phi) is 3.42. The van der Waals surface area contributed by atoms with E-state index in [9.17, 15) is 9.59 Å². The smallest absolute Gasteiger partial charge is 0.268 e. The van der Waals surface area contributed by atoms with E-state index in [0.29, 0.717) is 5.69 Å². The van der Waals surface area contributed by atoms with Crippen molar-refractivity contribution < 1.29 is 9.59 Å². The number of carbonyl (C=O) groups excluding carboxylic acids is 2. The van der Waals surface area contributed by atoms with Crippen molar-refractivity contribution in [2.45, 2.75) is 26.8 Å². The van der Waals surface area contributed by atoms with E-state index in [1.165, 1.54) is 0 Å². The number of fused-ring (bicyclic) bond motifs is 1. The summed E-state index contributed by atoms with van der Waals surface area (Å²) < 4.78 is 0. The Balaban J connectivity index is 2.22. The number of carbonyl (C=O) groups is 2. The van der Waals surface area contributed by atoms with Crippen LogP contribution in [0.3, 0.4) is 0 Å². The molecule has 4 nitrogen and oxygen atoms in total. The van der Waals surface area contributed by atoms with Crippen molar-refractivity contribution in [1.82, 2.24) is 10.3 Å². The fourth-order valence-electron chi connectivity index (χ4n) is 1.87. The molecule has 4 heteroatoms. The Morgan fingerprint density at radius 3 is 2.58 bits per heavy atom. The quantitative estimate of drug-likeness (QED) is 0.831. The molecule has 0 aliphatic rings. The molecule has 0 saturated heterocycles. The molecule has 0 radical (unpaired) electrons. The van der Waals surface area contributed by atoms with Crippen molar-refractivity contribution in [3.8, 4) is 0 Å². The highest BCUT2D eigenvalue weighted by Gasteiger charge is 2.26. The predicted octanol–water partition coefficient (Wildman–Crippen LogP) is 2.51. The molecule has 100 valence electrons.